The van der Waals surface area contributed by atoms with E-state index in [0.717, 1.165) is 27.8 Å². The molecule has 0 aromatic heterocycles. The van der Waals surface area contributed by atoms with Gasteiger partial charge >= 0.3 is 0 Å². The highest BCUT2D eigenvalue weighted by molar-refractivity contribution is 5.89. The average Bonchev–Trinajstić information content (AvgIpc) is 2.80. The molecular formula is C31H38N2O3. The van der Waals surface area contributed by atoms with Gasteiger partial charge in [0.15, 0.2) is 6.61 Å². The number of amides is 2. The van der Waals surface area contributed by atoms with Crippen molar-refractivity contribution in [3.8, 4) is 5.75 Å². The van der Waals surface area contributed by atoms with Crippen LogP contribution in [0.3, 0.4) is 0 Å². The Kier molecular flexibility index (Phi) is 8.92. The van der Waals surface area contributed by atoms with Crippen molar-refractivity contribution in [3.05, 3.63) is 101 Å². The molecule has 0 aliphatic carbocycles. The monoisotopic (exact) mass is 486 g/mol. The highest BCUT2D eigenvalue weighted by atomic mass is 16.5. The maximum atomic E-state index is 13.7. The Morgan fingerprint density at radius 3 is 2.17 bits per heavy atom. The van der Waals surface area contributed by atoms with Gasteiger partial charge in [-0.15, -0.1) is 0 Å². The first-order valence-electron chi connectivity index (χ1n) is 12.4. The summed E-state index contributed by atoms with van der Waals surface area (Å²) in [4.78, 5) is 29.0. The van der Waals surface area contributed by atoms with Crippen LogP contribution < -0.4 is 10.1 Å². The number of benzene rings is 3. The van der Waals surface area contributed by atoms with Crippen molar-refractivity contribution >= 4 is 11.8 Å². The minimum absolute atomic E-state index is 0.149. The van der Waals surface area contributed by atoms with E-state index in [1.54, 1.807) is 4.90 Å². The highest BCUT2D eigenvalue weighted by Crippen LogP contribution is 2.20. The zero-order valence-corrected chi connectivity index (χ0v) is 22.3. The Labute approximate surface area is 215 Å². The van der Waals surface area contributed by atoms with E-state index >= 15 is 0 Å². The third-order valence-corrected chi connectivity index (χ3v) is 5.89. The van der Waals surface area contributed by atoms with Crippen LogP contribution in [0.5, 0.6) is 5.75 Å². The summed E-state index contributed by atoms with van der Waals surface area (Å²) in [7, 11) is 0. The number of hydrogen-bond donors (Lipinski definition) is 1. The van der Waals surface area contributed by atoms with Crippen LogP contribution >= 0.6 is 0 Å². The summed E-state index contributed by atoms with van der Waals surface area (Å²) in [5, 5.41) is 3.09. The largest absolute Gasteiger partial charge is 0.483 e. The van der Waals surface area contributed by atoms with Crippen LogP contribution in [0.4, 0.5) is 0 Å². The average molecular weight is 487 g/mol. The molecule has 3 aromatic carbocycles. The SMILES string of the molecule is Cc1cccc(CN(C(=O)COc2ccc(C)cc2C)C(Cc2ccccc2)C(=O)NC(C)(C)C)c1. The molecule has 3 rings (SSSR count). The number of rotatable bonds is 9. The summed E-state index contributed by atoms with van der Waals surface area (Å²) in [5.74, 6) is 0.253. The molecule has 0 bridgehead atoms. The second-order valence-corrected chi connectivity index (χ2v) is 10.5. The molecule has 190 valence electrons. The molecule has 0 saturated heterocycles. The van der Waals surface area contributed by atoms with Crippen molar-refractivity contribution in [3.63, 3.8) is 0 Å². The number of carbonyl (C=O) groups excluding carboxylic acids is 2. The zero-order chi connectivity index (χ0) is 26.3. The molecule has 2 amide bonds. The second-order valence-electron chi connectivity index (χ2n) is 10.5. The number of hydrogen-bond acceptors (Lipinski definition) is 3. The predicted molar refractivity (Wildman–Crippen MR) is 145 cm³/mol. The van der Waals surface area contributed by atoms with E-state index in [1.807, 2.05) is 114 Å². The molecule has 0 heterocycles. The van der Waals surface area contributed by atoms with Gasteiger partial charge < -0.3 is 15.0 Å². The molecule has 0 fully saturated rings. The van der Waals surface area contributed by atoms with Crippen molar-refractivity contribution in [2.45, 2.75) is 66.1 Å². The lowest BCUT2D eigenvalue weighted by atomic mass is 10.0. The van der Waals surface area contributed by atoms with E-state index in [9.17, 15) is 9.59 Å². The van der Waals surface area contributed by atoms with Gasteiger partial charge in [-0.2, -0.15) is 0 Å². The fraction of sp³-hybridized carbons (Fsp3) is 0.355. The zero-order valence-electron chi connectivity index (χ0n) is 22.3. The summed E-state index contributed by atoms with van der Waals surface area (Å²) in [5.41, 5.74) is 4.73. The third-order valence-electron chi connectivity index (χ3n) is 5.89. The Morgan fingerprint density at radius 2 is 1.53 bits per heavy atom. The van der Waals surface area contributed by atoms with Gasteiger partial charge in [-0.05, 0) is 64.3 Å². The molecule has 1 atom stereocenters. The first-order chi connectivity index (χ1) is 17.0. The maximum absolute atomic E-state index is 13.7. The van der Waals surface area contributed by atoms with Crippen molar-refractivity contribution < 1.29 is 14.3 Å². The normalized spacial score (nSPS) is 12.1. The third kappa shape index (κ3) is 7.98. The van der Waals surface area contributed by atoms with E-state index in [-0.39, 0.29) is 18.4 Å². The molecule has 0 saturated carbocycles. The minimum atomic E-state index is -0.692. The van der Waals surface area contributed by atoms with Crippen LogP contribution in [0.2, 0.25) is 0 Å². The highest BCUT2D eigenvalue weighted by Gasteiger charge is 2.32. The lowest BCUT2D eigenvalue weighted by Crippen LogP contribution is -2.55. The fourth-order valence-corrected chi connectivity index (χ4v) is 4.20. The lowest BCUT2D eigenvalue weighted by molar-refractivity contribution is -0.143. The second kappa shape index (κ2) is 11.9. The standard InChI is InChI=1S/C31H38N2O3/c1-22-11-10-14-26(18-22)20-33(29(34)21-36-28-16-15-23(2)17-24(28)3)27(30(35)32-31(4,5)6)19-25-12-8-7-9-13-25/h7-18,27H,19-21H2,1-6H3,(H,32,35). The Morgan fingerprint density at radius 1 is 0.861 bits per heavy atom. The molecule has 3 aromatic rings. The van der Waals surface area contributed by atoms with Gasteiger partial charge in [0.2, 0.25) is 5.91 Å². The smallest absolute Gasteiger partial charge is 0.261 e. The molecule has 1 N–H and O–H groups in total. The van der Waals surface area contributed by atoms with Gasteiger partial charge in [0.25, 0.3) is 5.91 Å². The molecule has 36 heavy (non-hydrogen) atoms. The number of nitrogens with zero attached hydrogens (tertiary/aromatic N) is 1. The molecule has 0 aliphatic heterocycles. The maximum Gasteiger partial charge on any atom is 0.261 e. The first kappa shape index (κ1) is 27.0. The molecule has 1 unspecified atom stereocenters. The van der Waals surface area contributed by atoms with E-state index in [0.29, 0.717) is 18.7 Å². The topological polar surface area (TPSA) is 58.6 Å². The lowest BCUT2D eigenvalue weighted by Gasteiger charge is -2.34. The predicted octanol–water partition coefficient (Wildman–Crippen LogP) is 5.55. The van der Waals surface area contributed by atoms with Crippen molar-refractivity contribution in [2.24, 2.45) is 0 Å². The molecular weight excluding hydrogens is 448 g/mol. The van der Waals surface area contributed by atoms with Crippen LogP contribution in [-0.4, -0.2) is 34.9 Å². The Hall–Kier alpha value is -3.60. The van der Waals surface area contributed by atoms with Gasteiger partial charge in [0.05, 0.1) is 0 Å². The summed E-state index contributed by atoms with van der Waals surface area (Å²) in [6.45, 7) is 12.0. The van der Waals surface area contributed by atoms with Gasteiger partial charge in [0, 0.05) is 18.5 Å². The summed E-state index contributed by atoms with van der Waals surface area (Å²) in [6.07, 6.45) is 0.407. The number of carbonyl (C=O) groups is 2. The van der Waals surface area contributed by atoms with E-state index < -0.39 is 11.6 Å². The van der Waals surface area contributed by atoms with Gasteiger partial charge in [0.1, 0.15) is 11.8 Å². The van der Waals surface area contributed by atoms with Crippen molar-refractivity contribution in [1.82, 2.24) is 10.2 Å². The van der Waals surface area contributed by atoms with Gasteiger partial charge in [-0.3, -0.25) is 9.59 Å². The molecule has 5 heteroatoms. The van der Waals surface area contributed by atoms with Crippen molar-refractivity contribution in [1.29, 1.82) is 0 Å². The Balaban J connectivity index is 1.94. The molecule has 0 radical (unpaired) electrons. The van der Waals surface area contributed by atoms with E-state index in [2.05, 4.69) is 5.32 Å². The van der Waals surface area contributed by atoms with Crippen LogP contribution in [0.1, 0.15) is 48.6 Å². The molecule has 5 nitrogen and oxygen atoms in total. The quantitative estimate of drug-likeness (QED) is 0.432. The summed E-state index contributed by atoms with van der Waals surface area (Å²) >= 11 is 0. The van der Waals surface area contributed by atoms with Gasteiger partial charge in [-0.25, -0.2) is 0 Å². The molecule has 0 spiro atoms. The fourth-order valence-electron chi connectivity index (χ4n) is 4.20. The van der Waals surface area contributed by atoms with E-state index in [1.165, 1.54) is 0 Å². The van der Waals surface area contributed by atoms with Crippen LogP contribution in [0, 0.1) is 20.8 Å². The Bertz CT molecular complexity index is 1180. The van der Waals surface area contributed by atoms with Crippen LogP contribution in [0.25, 0.3) is 0 Å². The first-order valence-corrected chi connectivity index (χ1v) is 12.4. The number of nitrogens with one attached hydrogen (secondary N) is 1. The summed E-state index contributed by atoms with van der Waals surface area (Å²) < 4.78 is 5.95. The van der Waals surface area contributed by atoms with Crippen LogP contribution in [0.15, 0.2) is 72.8 Å². The number of ether oxygens (including phenoxy) is 1. The minimum Gasteiger partial charge on any atom is -0.483 e. The van der Waals surface area contributed by atoms with Gasteiger partial charge in [-0.1, -0.05) is 77.9 Å². The van der Waals surface area contributed by atoms with Crippen molar-refractivity contribution in [2.75, 3.05) is 6.61 Å². The summed E-state index contributed by atoms with van der Waals surface area (Å²) in [6, 6.07) is 23.0. The van der Waals surface area contributed by atoms with Crippen LogP contribution in [-0.2, 0) is 22.6 Å². The number of aryl methyl sites for hydroxylation is 3. The van der Waals surface area contributed by atoms with E-state index in [4.69, 9.17) is 4.74 Å². The molecule has 0 aliphatic rings.